The zero-order chi connectivity index (χ0) is 18.4. The summed E-state index contributed by atoms with van der Waals surface area (Å²) in [6.45, 7) is 0. The number of carboxylic acid groups (broad SMARTS) is 1. The molecule has 0 saturated carbocycles. The van der Waals surface area contributed by atoms with Crippen LogP contribution in [0.25, 0.3) is 22.6 Å². The molecule has 0 bridgehead atoms. The number of aromatic carboxylic acids is 1. The number of carbonyl (C=O) groups is 1. The van der Waals surface area contributed by atoms with Crippen LogP contribution in [0.4, 0.5) is 0 Å². The summed E-state index contributed by atoms with van der Waals surface area (Å²) in [5, 5.41) is 10.4. The standard InChI is InChI=1S/C20H12Cl2O4/c21-15-2-1-3-16(22)13(15)8-10-4-6-12-18(23)14-9-11(20(24)25)5-7-17(14)26-19(10)12/h1-3,5,7-9H,4,6H2,(H,24,25). The third-order valence-corrected chi connectivity index (χ3v) is 5.14. The fraction of sp³-hybridized carbons (Fsp3) is 0.100. The Kier molecular flexibility index (Phi) is 4.10. The van der Waals surface area contributed by atoms with Gasteiger partial charge >= 0.3 is 5.97 Å². The predicted octanol–water partition coefficient (Wildman–Crippen LogP) is 5.28. The van der Waals surface area contributed by atoms with Crippen molar-refractivity contribution in [2.45, 2.75) is 12.8 Å². The van der Waals surface area contributed by atoms with E-state index in [1.807, 2.05) is 6.08 Å². The maximum atomic E-state index is 12.8. The molecule has 1 aliphatic carbocycles. The molecule has 1 aliphatic rings. The smallest absolute Gasteiger partial charge is 0.335 e. The second-order valence-electron chi connectivity index (χ2n) is 6.06. The fourth-order valence-corrected chi connectivity index (χ4v) is 3.69. The Morgan fingerprint density at radius 3 is 2.54 bits per heavy atom. The lowest BCUT2D eigenvalue weighted by atomic mass is 10.1. The van der Waals surface area contributed by atoms with Crippen LogP contribution in [-0.2, 0) is 6.42 Å². The van der Waals surface area contributed by atoms with Crippen molar-refractivity contribution in [1.29, 1.82) is 0 Å². The minimum absolute atomic E-state index is 0.0568. The molecule has 0 amide bonds. The molecule has 4 rings (SSSR count). The lowest BCUT2D eigenvalue weighted by Gasteiger charge is -2.06. The van der Waals surface area contributed by atoms with Gasteiger partial charge in [0.1, 0.15) is 11.3 Å². The first-order valence-electron chi connectivity index (χ1n) is 7.93. The number of hydrogen-bond acceptors (Lipinski definition) is 3. The topological polar surface area (TPSA) is 67.5 Å². The van der Waals surface area contributed by atoms with Crippen LogP contribution < -0.4 is 5.43 Å². The molecule has 1 N–H and O–H groups in total. The summed E-state index contributed by atoms with van der Waals surface area (Å²) in [6.07, 6.45) is 2.99. The molecule has 0 atom stereocenters. The molecular formula is C20H12Cl2O4. The molecule has 0 fully saturated rings. The highest BCUT2D eigenvalue weighted by Crippen LogP contribution is 2.36. The van der Waals surface area contributed by atoms with Gasteiger partial charge in [-0.05, 0) is 54.8 Å². The van der Waals surface area contributed by atoms with E-state index in [9.17, 15) is 9.59 Å². The number of carboxylic acids is 1. The Bertz CT molecular complexity index is 1140. The van der Waals surface area contributed by atoms with Crippen LogP contribution in [-0.4, -0.2) is 11.1 Å². The summed E-state index contributed by atoms with van der Waals surface area (Å²) in [7, 11) is 0. The molecule has 1 heterocycles. The van der Waals surface area contributed by atoms with Gasteiger partial charge in [0.25, 0.3) is 0 Å². The van der Waals surface area contributed by atoms with Gasteiger partial charge in [-0.1, -0.05) is 29.3 Å². The van der Waals surface area contributed by atoms with Crippen LogP contribution in [0.15, 0.2) is 45.6 Å². The minimum Gasteiger partial charge on any atom is -0.478 e. The minimum atomic E-state index is -1.08. The second kappa shape index (κ2) is 6.31. The van der Waals surface area contributed by atoms with E-state index in [1.165, 1.54) is 18.2 Å². The average molecular weight is 387 g/mol. The normalized spacial score (nSPS) is 14.8. The number of fused-ring (bicyclic) bond motifs is 2. The van der Waals surface area contributed by atoms with Gasteiger partial charge in [0.15, 0.2) is 5.43 Å². The van der Waals surface area contributed by atoms with E-state index < -0.39 is 5.97 Å². The molecular weight excluding hydrogens is 375 g/mol. The summed E-state index contributed by atoms with van der Waals surface area (Å²) in [4.78, 5) is 23.9. The van der Waals surface area contributed by atoms with Crippen LogP contribution in [0.1, 0.15) is 33.7 Å². The second-order valence-corrected chi connectivity index (χ2v) is 6.87. The Morgan fingerprint density at radius 2 is 1.85 bits per heavy atom. The molecule has 0 unspecified atom stereocenters. The number of halogens is 2. The molecule has 0 spiro atoms. The number of hydrogen-bond donors (Lipinski definition) is 1. The van der Waals surface area contributed by atoms with Crippen molar-refractivity contribution in [2.75, 3.05) is 0 Å². The van der Waals surface area contributed by atoms with Crippen LogP contribution in [0.5, 0.6) is 0 Å². The molecule has 4 nitrogen and oxygen atoms in total. The molecule has 130 valence electrons. The largest absolute Gasteiger partial charge is 0.478 e. The van der Waals surface area contributed by atoms with E-state index in [2.05, 4.69) is 0 Å². The molecule has 0 aliphatic heterocycles. The van der Waals surface area contributed by atoms with Crippen molar-refractivity contribution in [2.24, 2.45) is 0 Å². The molecule has 3 aromatic rings. The van der Waals surface area contributed by atoms with Gasteiger partial charge in [-0.15, -0.1) is 0 Å². The lowest BCUT2D eigenvalue weighted by Crippen LogP contribution is -2.09. The summed E-state index contributed by atoms with van der Waals surface area (Å²) in [5.74, 6) is -0.567. The van der Waals surface area contributed by atoms with E-state index in [0.29, 0.717) is 45.4 Å². The molecule has 2 aromatic carbocycles. The monoisotopic (exact) mass is 386 g/mol. The predicted molar refractivity (Wildman–Crippen MR) is 102 cm³/mol. The highest BCUT2D eigenvalue weighted by atomic mass is 35.5. The first-order valence-corrected chi connectivity index (χ1v) is 8.69. The van der Waals surface area contributed by atoms with Crippen LogP contribution in [0.3, 0.4) is 0 Å². The van der Waals surface area contributed by atoms with Crippen LogP contribution in [0.2, 0.25) is 10.0 Å². The van der Waals surface area contributed by atoms with Gasteiger partial charge in [-0.25, -0.2) is 4.79 Å². The van der Waals surface area contributed by atoms with Crippen molar-refractivity contribution < 1.29 is 14.3 Å². The first-order chi connectivity index (χ1) is 12.5. The summed E-state index contributed by atoms with van der Waals surface area (Å²) < 4.78 is 5.94. The lowest BCUT2D eigenvalue weighted by molar-refractivity contribution is 0.0697. The molecule has 6 heteroatoms. The maximum absolute atomic E-state index is 12.8. The van der Waals surface area contributed by atoms with E-state index in [4.69, 9.17) is 32.7 Å². The Hall–Kier alpha value is -2.56. The van der Waals surface area contributed by atoms with Gasteiger partial charge in [0.2, 0.25) is 0 Å². The zero-order valence-electron chi connectivity index (χ0n) is 13.4. The third kappa shape index (κ3) is 2.71. The van der Waals surface area contributed by atoms with Crippen molar-refractivity contribution in [3.05, 3.63) is 79.1 Å². The van der Waals surface area contributed by atoms with Gasteiger partial charge < -0.3 is 9.52 Å². The Labute approximate surface area is 158 Å². The third-order valence-electron chi connectivity index (χ3n) is 4.49. The van der Waals surface area contributed by atoms with Gasteiger partial charge in [0.05, 0.1) is 10.9 Å². The van der Waals surface area contributed by atoms with Crippen molar-refractivity contribution in [3.63, 3.8) is 0 Å². The SMILES string of the molecule is O=C(O)c1ccc2oc3c(c(=O)c2c1)CCC3=Cc1c(Cl)cccc1Cl. The number of allylic oxidation sites excluding steroid dienone is 1. The van der Waals surface area contributed by atoms with E-state index in [0.717, 1.165) is 5.57 Å². The molecule has 1 aromatic heterocycles. The molecule has 26 heavy (non-hydrogen) atoms. The summed E-state index contributed by atoms with van der Waals surface area (Å²) in [5.41, 5.74) is 2.30. The van der Waals surface area contributed by atoms with Gasteiger partial charge in [0, 0.05) is 21.2 Å². The highest BCUT2D eigenvalue weighted by Gasteiger charge is 2.25. The fourth-order valence-electron chi connectivity index (χ4n) is 3.19. The summed E-state index contributed by atoms with van der Waals surface area (Å²) >= 11 is 12.5. The van der Waals surface area contributed by atoms with E-state index in [-0.39, 0.29) is 16.4 Å². The quantitative estimate of drug-likeness (QED) is 0.649. The van der Waals surface area contributed by atoms with Crippen LogP contribution >= 0.6 is 23.2 Å². The Balaban J connectivity index is 1.91. The maximum Gasteiger partial charge on any atom is 0.335 e. The van der Waals surface area contributed by atoms with Crippen molar-refractivity contribution >= 4 is 51.8 Å². The van der Waals surface area contributed by atoms with Crippen LogP contribution in [0, 0.1) is 0 Å². The van der Waals surface area contributed by atoms with E-state index >= 15 is 0 Å². The zero-order valence-corrected chi connectivity index (χ0v) is 14.9. The van der Waals surface area contributed by atoms with E-state index in [1.54, 1.807) is 18.2 Å². The molecule has 0 saturated heterocycles. The van der Waals surface area contributed by atoms with Gasteiger partial charge in [-0.2, -0.15) is 0 Å². The number of benzene rings is 2. The van der Waals surface area contributed by atoms with Gasteiger partial charge in [-0.3, -0.25) is 4.79 Å². The molecule has 0 radical (unpaired) electrons. The van der Waals surface area contributed by atoms with Crippen molar-refractivity contribution in [3.8, 4) is 0 Å². The first kappa shape index (κ1) is 16.9. The highest BCUT2D eigenvalue weighted by molar-refractivity contribution is 6.37. The Morgan fingerprint density at radius 1 is 1.12 bits per heavy atom. The average Bonchev–Trinajstić information content (AvgIpc) is 3.01. The summed E-state index contributed by atoms with van der Waals surface area (Å²) in [6, 6.07) is 9.56. The van der Waals surface area contributed by atoms with Crippen molar-refractivity contribution in [1.82, 2.24) is 0 Å². The number of rotatable bonds is 2.